The molecule has 0 aliphatic heterocycles. The Balaban J connectivity index is 2.73. The molecule has 1 aromatic rings. The third kappa shape index (κ3) is 2.95. The van der Waals surface area contributed by atoms with Crippen LogP contribution in [0.3, 0.4) is 0 Å². The molecule has 0 unspecified atom stereocenters. The first-order valence-electron chi connectivity index (χ1n) is 4.68. The number of hydrogen-bond acceptors (Lipinski definition) is 4. The third-order valence-electron chi connectivity index (χ3n) is 2.00. The highest BCUT2D eigenvalue weighted by molar-refractivity contribution is 6.51. The Kier molecular flexibility index (Phi) is 3.83. The van der Waals surface area contributed by atoms with Crippen molar-refractivity contribution in [2.45, 2.75) is 13.3 Å². The van der Waals surface area contributed by atoms with Crippen molar-refractivity contribution < 1.29 is 19.2 Å². The number of hydrogen-bond donors (Lipinski definition) is 0. The highest BCUT2D eigenvalue weighted by atomic mass is 16.2. The lowest BCUT2D eigenvalue weighted by Crippen LogP contribution is -2.21. The number of Topliss-reactive ketones (excluding diaryl/α,β-unsaturated/α-hetero) is 4. The molecular weight excluding hydrogens is 208 g/mol. The Morgan fingerprint density at radius 3 is 2.00 bits per heavy atom. The first-order valence-corrected chi connectivity index (χ1v) is 4.68. The molecule has 0 aromatic heterocycles. The van der Waals surface area contributed by atoms with Gasteiger partial charge in [0.25, 0.3) is 0 Å². The fraction of sp³-hybridized carbons (Fsp3) is 0.167. The van der Waals surface area contributed by atoms with Gasteiger partial charge in [-0.3, -0.25) is 19.2 Å². The van der Waals surface area contributed by atoms with Crippen LogP contribution >= 0.6 is 0 Å². The first-order chi connectivity index (χ1) is 7.52. The molecule has 0 N–H and O–H groups in total. The monoisotopic (exact) mass is 218 g/mol. The second-order valence-corrected chi connectivity index (χ2v) is 3.27. The minimum absolute atomic E-state index is 0.226. The van der Waals surface area contributed by atoms with Crippen molar-refractivity contribution in [1.82, 2.24) is 0 Å². The zero-order chi connectivity index (χ0) is 12.1. The van der Waals surface area contributed by atoms with Crippen LogP contribution in [0.5, 0.6) is 0 Å². The summed E-state index contributed by atoms with van der Waals surface area (Å²) in [6, 6.07) is 7.92. The predicted molar refractivity (Wildman–Crippen MR) is 56.1 cm³/mol. The van der Waals surface area contributed by atoms with Gasteiger partial charge in [0.05, 0.1) is 6.42 Å². The van der Waals surface area contributed by atoms with Crippen LogP contribution in [-0.2, 0) is 14.4 Å². The van der Waals surface area contributed by atoms with E-state index in [1.807, 2.05) is 0 Å². The molecule has 0 spiro atoms. The number of carbonyl (C=O) groups excluding carboxylic acids is 4. The lowest BCUT2D eigenvalue weighted by Gasteiger charge is -1.98. The maximum atomic E-state index is 11.5. The summed E-state index contributed by atoms with van der Waals surface area (Å²) in [4.78, 5) is 44.4. The van der Waals surface area contributed by atoms with Crippen LogP contribution in [0, 0.1) is 0 Å². The number of rotatable bonds is 5. The first kappa shape index (κ1) is 12.0. The third-order valence-corrected chi connectivity index (χ3v) is 2.00. The highest BCUT2D eigenvalue weighted by Crippen LogP contribution is 2.03. The van der Waals surface area contributed by atoms with E-state index < -0.39 is 29.6 Å². The molecule has 0 heterocycles. The zero-order valence-corrected chi connectivity index (χ0v) is 8.73. The van der Waals surface area contributed by atoms with Gasteiger partial charge in [0.1, 0.15) is 0 Å². The second-order valence-electron chi connectivity index (χ2n) is 3.27. The minimum Gasteiger partial charge on any atom is -0.291 e. The van der Waals surface area contributed by atoms with E-state index >= 15 is 0 Å². The van der Waals surface area contributed by atoms with Crippen LogP contribution < -0.4 is 0 Å². The molecule has 0 amide bonds. The lowest BCUT2D eigenvalue weighted by atomic mass is 10.0. The average molecular weight is 218 g/mol. The van der Waals surface area contributed by atoms with E-state index in [4.69, 9.17) is 0 Å². The normalized spacial score (nSPS) is 9.56. The van der Waals surface area contributed by atoms with Crippen LogP contribution in [0.1, 0.15) is 23.7 Å². The van der Waals surface area contributed by atoms with Gasteiger partial charge in [0.15, 0.2) is 5.78 Å². The Morgan fingerprint density at radius 2 is 1.50 bits per heavy atom. The Labute approximate surface area is 92.3 Å². The van der Waals surface area contributed by atoms with Crippen molar-refractivity contribution >= 4 is 23.1 Å². The topological polar surface area (TPSA) is 68.3 Å². The molecule has 0 saturated heterocycles. The maximum Gasteiger partial charge on any atom is 0.229 e. The molecule has 4 nitrogen and oxygen atoms in total. The minimum atomic E-state index is -0.855. The van der Waals surface area contributed by atoms with E-state index in [0.29, 0.717) is 0 Å². The molecular formula is C12H10O4. The van der Waals surface area contributed by atoms with E-state index in [1.165, 1.54) is 12.1 Å². The van der Waals surface area contributed by atoms with E-state index in [9.17, 15) is 19.2 Å². The lowest BCUT2D eigenvalue weighted by molar-refractivity contribution is -0.137. The van der Waals surface area contributed by atoms with Gasteiger partial charge >= 0.3 is 0 Å². The Bertz CT molecular complexity index is 445. The highest BCUT2D eigenvalue weighted by Gasteiger charge is 2.21. The van der Waals surface area contributed by atoms with E-state index in [1.54, 1.807) is 18.2 Å². The van der Waals surface area contributed by atoms with Crippen LogP contribution in [0.4, 0.5) is 0 Å². The molecule has 4 heteroatoms. The van der Waals surface area contributed by atoms with Gasteiger partial charge in [-0.05, 0) is 0 Å². The van der Waals surface area contributed by atoms with Crippen molar-refractivity contribution in [3.05, 3.63) is 35.9 Å². The van der Waals surface area contributed by atoms with Crippen LogP contribution in [0.25, 0.3) is 0 Å². The summed E-state index contributed by atoms with van der Waals surface area (Å²) in [7, 11) is 0. The molecule has 0 aliphatic rings. The van der Waals surface area contributed by atoms with Crippen molar-refractivity contribution in [3.63, 3.8) is 0 Å². The fourth-order valence-electron chi connectivity index (χ4n) is 1.10. The summed E-state index contributed by atoms with van der Waals surface area (Å²) in [5.41, 5.74) is 0.226. The molecule has 0 saturated carbocycles. The van der Waals surface area contributed by atoms with Crippen molar-refractivity contribution in [3.8, 4) is 0 Å². The SMILES string of the molecule is CC(=O)C(=O)CC(=O)C(=O)c1ccccc1. The quantitative estimate of drug-likeness (QED) is 0.420. The average Bonchev–Trinajstić information content (AvgIpc) is 2.28. The molecule has 1 rings (SSSR count). The molecule has 0 radical (unpaired) electrons. The molecule has 82 valence electrons. The van der Waals surface area contributed by atoms with Crippen molar-refractivity contribution in [2.75, 3.05) is 0 Å². The Hall–Kier alpha value is -2.10. The molecule has 1 aromatic carbocycles. The van der Waals surface area contributed by atoms with Gasteiger partial charge in [-0.2, -0.15) is 0 Å². The number of ketones is 4. The van der Waals surface area contributed by atoms with Gasteiger partial charge in [0.2, 0.25) is 17.3 Å². The molecule has 16 heavy (non-hydrogen) atoms. The number of benzene rings is 1. The fourth-order valence-corrected chi connectivity index (χ4v) is 1.10. The van der Waals surface area contributed by atoms with E-state index in [0.717, 1.165) is 6.92 Å². The van der Waals surface area contributed by atoms with Gasteiger partial charge in [-0.15, -0.1) is 0 Å². The predicted octanol–water partition coefficient (Wildman–Crippen LogP) is 0.987. The molecule has 0 atom stereocenters. The zero-order valence-electron chi connectivity index (χ0n) is 8.73. The van der Waals surface area contributed by atoms with Gasteiger partial charge in [-0.25, -0.2) is 0 Å². The largest absolute Gasteiger partial charge is 0.291 e. The summed E-state index contributed by atoms with van der Waals surface area (Å²) in [5, 5.41) is 0. The van der Waals surface area contributed by atoms with Crippen molar-refractivity contribution in [2.24, 2.45) is 0 Å². The molecule has 0 aliphatic carbocycles. The smallest absolute Gasteiger partial charge is 0.229 e. The molecule has 0 fully saturated rings. The summed E-state index contributed by atoms with van der Waals surface area (Å²) in [5.74, 6) is -3.15. The second kappa shape index (κ2) is 5.11. The standard InChI is InChI=1S/C12H10O4/c1-8(13)10(14)7-11(15)12(16)9-5-3-2-4-6-9/h2-6H,7H2,1H3. The van der Waals surface area contributed by atoms with Crippen LogP contribution in [-0.4, -0.2) is 23.1 Å². The number of carbonyl (C=O) groups is 4. The van der Waals surface area contributed by atoms with Crippen molar-refractivity contribution in [1.29, 1.82) is 0 Å². The van der Waals surface area contributed by atoms with Gasteiger partial charge < -0.3 is 0 Å². The summed E-state index contributed by atoms with van der Waals surface area (Å²) < 4.78 is 0. The van der Waals surface area contributed by atoms with E-state index in [2.05, 4.69) is 0 Å². The summed E-state index contributed by atoms with van der Waals surface area (Å²) in [6.07, 6.45) is -0.650. The maximum absolute atomic E-state index is 11.5. The summed E-state index contributed by atoms with van der Waals surface area (Å²) >= 11 is 0. The van der Waals surface area contributed by atoms with Crippen LogP contribution in [0.2, 0.25) is 0 Å². The van der Waals surface area contributed by atoms with Gasteiger partial charge in [0, 0.05) is 12.5 Å². The van der Waals surface area contributed by atoms with Crippen LogP contribution in [0.15, 0.2) is 30.3 Å². The molecule has 0 bridgehead atoms. The van der Waals surface area contributed by atoms with E-state index in [-0.39, 0.29) is 5.56 Å². The van der Waals surface area contributed by atoms with Gasteiger partial charge in [-0.1, -0.05) is 30.3 Å². The Morgan fingerprint density at radius 1 is 0.938 bits per heavy atom. The summed E-state index contributed by atoms with van der Waals surface area (Å²) in [6.45, 7) is 1.07.